The number of carbonyl (C=O) groups is 1. The van der Waals surface area contributed by atoms with Crippen molar-refractivity contribution in [1.82, 2.24) is 14.9 Å². The lowest BCUT2D eigenvalue weighted by Crippen LogP contribution is -2.26. The van der Waals surface area contributed by atoms with E-state index >= 15 is 0 Å². The molecule has 1 aliphatic carbocycles. The van der Waals surface area contributed by atoms with Gasteiger partial charge in [0, 0.05) is 13.6 Å². The quantitative estimate of drug-likeness (QED) is 0.809. The smallest absolute Gasteiger partial charge is 0.269 e. The van der Waals surface area contributed by atoms with Crippen LogP contribution in [0.3, 0.4) is 0 Å². The maximum Gasteiger partial charge on any atom is 0.269 e. The van der Waals surface area contributed by atoms with Gasteiger partial charge in [-0.2, -0.15) is 0 Å². The van der Waals surface area contributed by atoms with Crippen LogP contribution in [0.25, 0.3) is 0 Å². The SMILES string of the molecule is Cn1cncc1C(=O)NCCC1=CCCCC1. The van der Waals surface area contributed by atoms with Crippen LogP contribution in [0.2, 0.25) is 0 Å². The van der Waals surface area contributed by atoms with Crippen LogP contribution in [-0.4, -0.2) is 22.0 Å². The third kappa shape index (κ3) is 3.19. The Morgan fingerprint density at radius 2 is 2.41 bits per heavy atom. The van der Waals surface area contributed by atoms with Crippen LogP contribution in [0.5, 0.6) is 0 Å². The normalized spacial score (nSPS) is 15.5. The standard InChI is InChI=1S/C13H19N3O/c1-16-10-14-9-12(16)13(17)15-8-7-11-5-3-2-4-6-11/h5,9-10H,2-4,6-8H2,1H3,(H,15,17). The van der Waals surface area contributed by atoms with Gasteiger partial charge in [0.1, 0.15) is 5.69 Å². The molecule has 0 aliphatic heterocycles. The number of carbonyl (C=O) groups excluding carboxylic acids is 1. The van der Waals surface area contributed by atoms with Gasteiger partial charge in [-0.15, -0.1) is 0 Å². The lowest BCUT2D eigenvalue weighted by atomic mass is 9.97. The van der Waals surface area contributed by atoms with E-state index in [9.17, 15) is 4.79 Å². The number of hydrogen-bond acceptors (Lipinski definition) is 2. The molecule has 0 spiro atoms. The van der Waals surface area contributed by atoms with Crippen molar-refractivity contribution in [1.29, 1.82) is 0 Å². The summed E-state index contributed by atoms with van der Waals surface area (Å²) in [4.78, 5) is 15.7. The highest BCUT2D eigenvalue weighted by atomic mass is 16.1. The summed E-state index contributed by atoms with van der Waals surface area (Å²) in [5.41, 5.74) is 2.10. The van der Waals surface area contributed by atoms with Gasteiger partial charge in [0.25, 0.3) is 5.91 Å². The van der Waals surface area contributed by atoms with E-state index in [1.807, 2.05) is 7.05 Å². The monoisotopic (exact) mass is 233 g/mol. The molecule has 0 fully saturated rings. The van der Waals surface area contributed by atoms with Gasteiger partial charge < -0.3 is 9.88 Å². The molecule has 17 heavy (non-hydrogen) atoms. The van der Waals surface area contributed by atoms with Crippen LogP contribution in [0, 0.1) is 0 Å². The molecule has 2 rings (SSSR count). The Hall–Kier alpha value is -1.58. The molecule has 1 heterocycles. The van der Waals surface area contributed by atoms with Gasteiger partial charge in [0.05, 0.1) is 12.5 Å². The molecule has 4 nitrogen and oxygen atoms in total. The molecule has 0 radical (unpaired) electrons. The zero-order valence-corrected chi connectivity index (χ0v) is 10.3. The maximum atomic E-state index is 11.8. The average Bonchev–Trinajstić information content (AvgIpc) is 2.77. The van der Waals surface area contributed by atoms with Gasteiger partial charge in [-0.3, -0.25) is 4.79 Å². The molecule has 0 atom stereocenters. The maximum absolute atomic E-state index is 11.8. The first-order valence-electron chi connectivity index (χ1n) is 6.20. The van der Waals surface area contributed by atoms with E-state index < -0.39 is 0 Å². The number of aryl methyl sites for hydroxylation is 1. The van der Waals surface area contributed by atoms with E-state index in [1.165, 1.54) is 31.3 Å². The van der Waals surface area contributed by atoms with Crippen molar-refractivity contribution in [3.05, 3.63) is 29.9 Å². The van der Waals surface area contributed by atoms with Crippen molar-refractivity contribution in [2.24, 2.45) is 7.05 Å². The minimum atomic E-state index is -0.0404. The zero-order chi connectivity index (χ0) is 12.1. The van der Waals surface area contributed by atoms with Gasteiger partial charge in [-0.25, -0.2) is 4.98 Å². The van der Waals surface area contributed by atoms with Crippen LogP contribution in [-0.2, 0) is 7.05 Å². The number of amides is 1. The van der Waals surface area contributed by atoms with Crippen LogP contribution >= 0.6 is 0 Å². The molecule has 0 bridgehead atoms. The van der Waals surface area contributed by atoms with Crippen LogP contribution in [0.4, 0.5) is 0 Å². The molecule has 92 valence electrons. The summed E-state index contributed by atoms with van der Waals surface area (Å²) >= 11 is 0. The molecular weight excluding hydrogens is 214 g/mol. The summed E-state index contributed by atoms with van der Waals surface area (Å²) in [5.74, 6) is -0.0404. The molecule has 1 aliphatic rings. The minimum Gasteiger partial charge on any atom is -0.350 e. The van der Waals surface area contributed by atoms with Crippen molar-refractivity contribution < 1.29 is 4.79 Å². The zero-order valence-electron chi connectivity index (χ0n) is 10.3. The fraction of sp³-hybridized carbons (Fsp3) is 0.538. The van der Waals surface area contributed by atoms with Gasteiger partial charge in [-0.05, 0) is 32.1 Å². The van der Waals surface area contributed by atoms with Gasteiger partial charge in [0.15, 0.2) is 0 Å². The summed E-state index contributed by atoms with van der Waals surface area (Å²) in [5, 5.41) is 2.93. The molecule has 0 saturated carbocycles. The van der Waals surface area contributed by atoms with Crippen LogP contribution in [0.15, 0.2) is 24.2 Å². The molecule has 0 aromatic carbocycles. The van der Waals surface area contributed by atoms with Gasteiger partial charge >= 0.3 is 0 Å². The number of nitrogens with one attached hydrogen (secondary N) is 1. The van der Waals surface area contributed by atoms with Crippen LogP contribution in [0.1, 0.15) is 42.6 Å². The Labute approximate surface area is 102 Å². The minimum absolute atomic E-state index is 0.0404. The fourth-order valence-corrected chi connectivity index (χ4v) is 2.13. The number of rotatable bonds is 4. The topological polar surface area (TPSA) is 46.9 Å². The van der Waals surface area contributed by atoms with E-state index in [0.717, 1.165) is 13.0 Å². The van der Waals surface area contributed by atoms with E-state index in [-0.39, 0.29) is 5.91 Å². The molecule has 4 heteroatoms. The average molecular weight is 233 g/mol. The Balaban J connectivity index is 1.77. The van der Waals surface area contributed by atoms with Crippen molar-refractivity contribution in [3.63, 3.8) is 0 Å². The Kier molecular flexibility index (Phi) is 3.96. The highest BCUT2D eigenvalue weighted by Crippen LogP contribution is 2.19. The molecular formula is C13H19N3O. The van der Waals surface area contributed by atoms with E-state index in [1.54, 1.807) is 17.1 Å². The van der Waals surface area contributed by atoms with Gasteiger partial charge in [0.2, 0.25) is 0 Å². The van der Waals surface area contributed by atoms with E-state index in [4.69, 9.17) is 0 Å². The lowest BCUT2D eigenvalue weighted by Gasteiger charge is -2.12. The fourth-order valence-electron chi connectivity index (χ4n) is 2.13. The van der Waals surface area contributed by atoms with Crippen molar-refractivity contribution in [2.45, 2.75) is 32.1 Å². The number of allylic oxidation sites excluding steroid dienone is 1. The van der Waals surface area contributed by atoms with E-state index in [0.29, 0.717) is 5.69 Å². The Morgan fingerprint density at radius 1 is 1.53 bits per heavy atom. The summed E-state index contributed by atoms with van der Waals surface area (Å²) in [6, 6.07) is 0. The number of hydrogen-bond donors (Lipinski definition) is 1. The molecule has 1 aromatic rings. The van der Waals surface area contributed by atoms with Crippen molar-refractivity contribution >= 4 is 5.91 Å². The van der Waals surface area contributed by atoms with Crippen molar-refractivity contribution in [3.8, 4) is 0 Å². The summed E-state index contributed by atoms with van der Waals surface area (Å²) in [6.07, 6.45) is 11.5. The third-order valence-electron chi connectivity index (χ3n) is 3.17. The number of nitrogens with zero attached hydrogens (tertiary/aromatic N) is 2. The molecule has 1 amide bonds. The predicted octanol–water partition coefficient (Wildman–Crippen LogP) is 2.04. The second-order valence-electron chi connectivity index (χ2n) is 4.50. The van der Waals surface area contributed by atoms with Crippen molar-refractivity contribution in [2.75, 3.05) is 6.54 Å². The molecule has 1 N–H and O–H groups in total. The second-order valence-corrected chi connectivity index (χ2v) is 4.50. The number of aromatic nitrogens is 2. The summed E-state index contributed by atoms with van der Waals surface area (Å²) in [7, 11) is 1.82. The highest BCUT2D eigenvalue weighted by molar-refractivity contribution is 5.92. The largest absolute Gasteiger partial charge is 0.350 e. The Bertz CT molecular complexity index is 420. The first-order chi connectivity index (χ1) is 8.27. The Morgan fingerprint density at radius 3 is 3.06 bits per heavy atom. The summed E-state index contributed by atoms with van der Waals surface area (Å²) in [6.45, 7) is 0.718. The highest BCUT2D eigenvalue weighted by Gasteiger charge is 2.09. The second kappa shape index (κ2) is 5.66. The molecule has 1 aromatic heterocycles. The lowest BCUT2D eigenvalue weighted by molar-refractivity contribution is 0.0946. The first-order valence-corrected chi connectivity index (χ1v) is 6.20. The molecule has 0 unspecified atom stereocenters. The third-order valence-corrected chi connectivity index (χ3v) is 3.17. The van der Waals surface area contributed by atoms with Crippen LogP contribution < -0.4 is 5.32 Å². The first kappa shape index (κ1) is 11.9. The van der Waals surface area contributed by atoms with E-state index in [2.05, 4.69) is 16.4 Å². The number of imidazole rings is 1. The summed E-state index contributed by atoms with van der Waals surface area (Å²) < 4.78 is 1.73. The van der Waals surface area contributed by atoms with Gasteiger partial charge in [-0.1, -0.05) is 11.6 Å². The predicted molar refractivity (Wildman–Crippen MR) is 66.7 cm³/mol. The molecule has 0 saturated heterocycles.